The lowest BCUT2D eigenvalue weighted by Crippen LogP contribution is -2.47. The molecule has 0 aromatic heterocycles. The van der Waals surface area contributed by atoms with Crippen LogP contribution in [0.15, 0.2) is 29.2 Å². The third kappa shape index (κ3) is 7.03. The van der Waals surface area contributed by atoms with Crippen LogP contribution in [0.25, 0.3) is 0 Å². The van der Waals surface area contributed by atoms with Crippen LogP contribution in [-0.4, -0.2) is 35.8 Å². The first-order chi connectivity index (χ1) is 12.4. The first-order valence-electron chi connectivity index (χ1n) is 8.63. The van der Waals surface area contributed by atoms with Gasteiger partial charge < -0.3 is 10.1 Å². The predicted molar refractivity (Wildman–Crippen MR) is 96.2 cm³/mol. The average molecular weight is 382 g/mol. The van der Waals surface area contributed by atoms with E-state index >= 15 is 0 Å². The molecule has 6 nitrogen and oxygen atoms in total. The highest BCUT2D eigenvalue weighted by molar-refractivity contribution is 7.99. The number of hydrogen-bond acceptors (Lipinski definition) is 5. The van der Waals surface area contributed by atoms with E-state index in [-0.39, 0.29) is 18.3 Å². The molecular formula is C18H23FN2O4S. The Bertz CT molecular complexity index is 633. The van der Waals surface area contributed by atoms with Crippen LogP contribution in [0.1, 0.15) is 39.0 Å². The lowest BCUT2D eigenvalue weighted by Gasteiger charge is -2.15. The summed E-state index contributed by atoms with van der Waals surface area (Å²) in [4.78, 5) is 36.3. The molecule has 26 heavy (non-hydrogen) atoms. The second-order valence-corrected chi connectivity index (χ2v) is 7.30. The summed E-state index contributed by atoms with van der Waals surface area (Å²) >= 11 is 1.39. The Morgan fingerprint density at radius 1 is 1.23 bits per heavy atom. The summed E-state index contributed by atoms with van der Waals surface area (Å²) in [6.07, 6.45) is 3.03. The van der Waals surface area contributed by atoms with Gasteiger partial charge in [-0.05, 0) is 44.0 Å². The van der Waals surface area contributed by atoms with Gasteiger partial charge in [-0.25, -0.2) is 9.18 Å². The number of urea groups is 1. The van der Waals surface area contributed by atoms with Gasteiger partial charge in [-0.2, -0.15) is 0 Å². The third-order valence-corrected chi connectivity index (χ3v) is 5.01. The van der Waals surface area contributed by atoms with Gasteiger partial charge in [-0.1, -0.05) is 12.8 Å². The molecule has 1 fully saturated rings. The molecule has 2 N–H and O–H groups in total. The van der Waals surface area contributed by atoms with Gasteiger partial charge >= 0.3 is 12.0 Å². The molecule has 0 spiro atoms. The Balaban J connectivity index is 1.64. The van der Waals surface area contributed by atoms with Gasteiger partial charge in [0.05, 0.1) is 6.42 Å². The number of carbonyl (C=O) groups is 3. The fourth-order valence-corrected chi connectivity index (χ4v) is 3.43. The minimum absolute atomic E-state index is 0.101. The number of amides is 3. The van der Waals surface area contributed by atoms with Gasteiger partial charge in [0, 0.05) is 16.7 Å². The van der Waals surface area contributed by atoms with Crippen molar-refractivity contribution in [2.45, 2.75) is 56.1 Å². The molecule has 1 saturated carbocycles. The summed E-state index contributed by atoms with van der Waals surface area (Å²) in [5.41, 5.74) is 0. The number of esters is 1. The minimum atomic E-state index is -1.05. The molecule has 8 heteroatoms. The number of thioether (sulfide) groups is 1. The lowest BCUT2D eigenvalue weighted by molar-refractivity contribution is -0.154. The maximum atomic E-state index is 12.8. The Kier molecular flexibility index (Phi) is 7.90. The van der Waals surface area contributed by atoms with E-state index in [9.17, 15) is 18.8 Å². The van der Waals surface area contributed by atoms with Gasteiger partial charge in [-0.3, -0.25) is 14.9 Å². The van der Waals surface area contributed by atoms with Gasteiger partial charge in [0.1, 0.15) is 5.82 Å². The zero-order valence-electron chi connectivity index (χ0n) is 14.6. The first-order valence-corrected chi connectivity index (χ1v) is 9.62. The number of nitrogens with one attached hydrogen (secondary N) is 2. The molecule has 0 aliphatic heterocycles. The van der Waals surface area contributed by atoms with Crippen LogP contribution in [0.4, 0.5) is 9.18 Å². The van der Waals surface area contributed by atoms with Crippen molar-refractivity contribution in [1.82, 2.24) is 10.6 Å². The highest BCUT2D eigenvalue weighted by Gasteiger charge is 2.22. The van der Waals surface area contributed by atoms with Crippen LogP contribution in [-0.2, 0) is 14.3 Å². The van der Waals surface area contributed by atoms with E-state index in [1.54, 1.807) is 12.1 Å². The van der Waals surface area contributed by atoms with E-state index in [4.69, 9.17) is 4.74 Å². The fraction of sp³-hybridized carbons (Fsp3) is 0.500. The Hall–Kier alpha value is -2.09. The normalized spacial score (nSPS) is 15.3. The Morgan fingerprint density at radius 2 is 1.88 bits per heavy atom. The molecule has 0 heterocycles. The van der Waals surface area contributed by atoms with E-state index in [2.05, 4.69) is 10.6 Å². The third-order valence-electron chi connectivity index (χ3n) is 3.99. The highest BCUT2D eigenvalue weighted by atomic mass is 32.2. The molecule has 2 rings (SSSR count). The molecule has 1 aliphatic carbocycles. The van der Waals surface area contributed by atoms with Crippen molar-refractivity contribution in [2.75, 3.05) is 5.75 Å². The average Bonchev–Trinajstić information content (AvgIpc) is 3.09. The Morgan fingerprint density at radius 3 is 2.54 bits per heavy atom. The summed E-state index contributed by atoms with van der Waals surface area (Å²) in [5.74, 6) is -1.05. The van der Waals surface area contributed by atoms with Crippen molar-refractivity contribution >= 4 is 29.7 Å². The van der Waals surface area contributed by atoms with E-state index in [0.717, 1.165) is 30.6 Å². The number of hydrogen-bond donors (Lipinski definition) is 2. The van der Waals surface area contributed by atoms with Crippen LogP contribution >= 0.6 is 11.8 Å². The quantitative estimate of drug-likeness (QED) is 0.559. The van der Waals surface area contributed by atoms with Crippen molar-refractivity contribution in [3.63, 3.8) is 0 Å². The summed E-state index contributed by atoms with van der Waals surface area (Å²) in [7, 11) is 0. The number of halogens is 1. The van der Waals surface area contributed by atoms with Crippen molar-refractivity contribution in [3.8, 4) is 0 Å². The van der Waals surface area contributed by atoms with Crippen LogP contribution in [0.3, 0.4) is 0 Å². The second-order valence-electron chi connectivity index (χ2n) is 6.13. The van der Waals surface area contributed by atoms with Gasteiger partial charge in [0.15, 0.2) is 6.10 Å². The maximum Gasteiger partial charge on any atom is 0.321 e. The molecule has 142 valence electrons. The van der Waals surface area contributed by atoms with E-state index in [0.29, 0.717) is 5.75 Å². The molecule has 0 bridgehead atoms. The van der Waals surface area contributed by atoms with Crippen LogP contribution < -0.4 is 10.6 Å². The number of carbonyl (C=O) groups excluding carboxylic acids is 3. The van der Waals surface area contributed by atoms with E-state index in [1.165, 1.54) is 30.8 Å². The van der Waals surface area contributed by atoms with E-state index in [1.807, 2.05) is 0 Å². The van der Waals surface area contributed by atoms with Gasteiger partial charge in [-0.15, -0.1) is 11.8 Å². The summed E-state index contributed by atoms with van der Waals surface area (Å²) in [5, 5.41) is 4.93. The fourth-order valence-electron chi connectivity index (χ4n) is 2.60. The van der Waals surface area contributed by atoms with Gasteiger partial charge in [0.2, 0.25) is 0 Å². The minimum Gasteiger partial charge on any atom is -0.453 e. The van der Waals surface area contributed by atoms with Crippen molar-refractivity contribution < 1.29 is 23.5 Å². The predicted octanol–water partition coefficient (Wildman–Crippen LogP) is 3.01. The standard InChI is InChI=1S/C18H23FN2O4S/c1-12(17(23)21-18(24)20-14-4-2-3-5-14)25-16(22)10-11-26-15-8-6-13(19)7-9-15/h6-9,12,14H,2-5,10-11H2,1H3,(H2,20,21,23,24)/t12-/m1/s1. The summed E-state index contributed by atoms with van der Waals surface area (Å²) in [6, 6.07) is 5.50. The van der Waals surface area contributed by atoms with Crippen molar-refractivity contribution in [2.24, 2.45) is 0 Å². The number of benzene rings is 1. The van der Waals surface area contributed by atoms with Crippen molar-refractivity contribution in [3.05, 3.63) is 30.1 Å². The molecule has 1 atom stereocenters. The Labute approximate surface area is 156 Å². The highest BCUT2D eigenvalue weighted by Crippen LogP contribution is 2.19. The SMILES string of the molecule is C[C@@H](OC(=O)CCSc1ccc(F)cc1)C(=O)NC(=O)NC1CCCC1. The molecule has 0 saturated heterocycles. The molecule has 0 radical (unpaired) electrons. The molecule has 1 aromatic carbocycles. The molecular weight excluding hydrogens is 359 g/mol. The summed E-state index contributed by atoms with van der Waals surface area (Å²) in [6.45, 7) is 1.42. The molecule has 1 aliphatic rings. The zero-order valence-corrected chi connectivity index (χ0v) is 15.4. The van der Waals surface area contributed by atoms with Gasteiger partial charge in [0.25, 0.3) is 5.91 Å². The van der Waals surface area contributed by atoms with Crippen LogP contribution in [0.2, 0.25) is 0 Å². The molecule has 1 aromatic rings. The topological polar surface area (TPSA) is 84.5 Å². The van der Waals surface area contributed by atoms with Crippen LogP contribution in [0.5, 0.6) is 0 Å². The number of rotatable bonds is 7. The number of imide groups is 1. The monoisotopic (exact) mass is 382 g/mol. The van der Waals surface area contributed by atoms with Crippen LogP contribution in [0, 0.1) is 5.82 Å². The maximum absolute atomic E-state index is 12.8. The van der Waals surface area contributed by atoms with E-state index < -0.39 is 24.0 Å². The number of ether oxygens (including phenoxy) is 1. The second kappa shape index (κ2) is 10.2. The largest absolute Gasteiger partial charge is 0.453 e. The smallest absolute Gasteiger partial charge is 0.321 e. The molecule has 0 unspecified atom stereocenters. The lowest BCUT2D eigenvalue weighted by atomic mass is 10.2. The first kappa shape index (κ1) is 20.2. The zero-order chi connectivity index (χ0) is 18.9. The summed E-state index contributed by atoms with van der Waals surface area (Å²) < 4.78 is 17.8. The van der Waals surface area contributed by atoms with Crippen molar-refractivity contribution in [1.29, 1.82) is 0 Å². The molecule has 3 amide bonds.